The number of nitrogens with zero attached hydrogens (tertiary/aromatic N) is 5. The van der Waals surface area contributed by atoms with E-state index >= 15 is 0 Å². The summed E-state index contributed by atoms with van der Waals surface area (Å²) in [5.41, 5.74) is 0.656. The Morgan fingerprint density at radius 2 is 1.33 bits per heavy atom. The zero-order chi connectivity index (χ0) is 25.9. The number of anilines is 2. The number of rotatable bonds is 8. The molecule has 2 aromatic heterocycles. The number of sulfonamides is 1. The summed E-state index contributed by atoms with van der Waals surface area (Å²) in [6.45, 7) is 4.85. The van der Waals surface area contributed by atoms with Crippen LogP contribution in [0.2, 0.25) is 5.02 Å². The Balaban J connectivity index is 1.67. The number of halogens is 1. The molecule has 0 fully saturated rings. The van der Waals surface area contributed by atoms with E-state index in [2.05, 4.69) is 14.9 Å². The molecule has 0 saturated carbocycles. The summed E-state index contributed by atoms with van der Waals surface area (Å²) in [7, 11) is -3.93. The highest BCUT2D eigenvalue weighted by Gasteiger charge is 2.29. The van der Waals surface area contributed by atoms with Gasteiger partial charge in [0.15, 0.2) is 11.4 Å². The van der Waals surface area contributed by atoms with Gasteiger partial charge in [0.25, 0.3) is 21.8 Å². The van der Waals surface area contributed by atoms with Crippen LogP contribution >= 0.6 is 11.6 Å². The molecule has 4 aromatic rings. The number of benzene rings is 2. The number of carbonyl (C=O) groups excluding carboxylic acids is 2. The molecule has 4 rings (SSSR count). The van der Waals surface area contributed by atoms with E-state index < -0.39 is 21.8 Å². The van der Waals surface area contributed by atoms with Crippen molar-refractivity contribution in [3.8, 4) is 0 Å². The Morgan fingerprint density at radius 1 is 0.833 bits per heavy atom. The first-order valence-corrected chi connectivity index (χ1v) is 12.9. The highest BCUT2D eigenvalue weighted by Crippen LogP contribution is 2.24. The zero-order valence-electron chi connectivity index (χ0n) is 19.5. The van der Waals surface area contributed by atoms with Gasteiger partial charge in [-0.1, -0.05) is 11.6 Å². The van der Waals surface area contributed by atoms with Crippen LogP contribution in [-0.2, 0) is 23.1 Å². The quantitative estimate of drug-likeness (QED) is 0.346. The third kappa shape index (κ3) is 5.31. The first kappa shape index (κ1) is 25.1. The number of carbonyl (C=O) groups is 2. The van der Waals surface area contributed by atoms with E-state index in [0.717, 1.165) is 4.90 Å². The average molecular weight is 527 g/mol. The summed E-state index contributed by atoms with van der Waals surface area (Å²) in [5, 5.41) is 8.91. The lowest BCUT2D eigenvalue weighted by Crippen LogP contribution is -2.37. The topological polar surface area (TPSA) is 119 Å². The predicted molar refractivity (Wildman–Crippen MR) is 136 cm³/mol. The van der Waals surface area contributed by atoms with Crippen molar-refractivity contribution >= 4 is 44.8 Å². The smallest absolute Gasteiger partial charge is 0.280 e. The Kier molecular flexibility index (Phi) is 7.22. The molecule has 0 bridgehead atoms. The van der Waals surface area contributed by atoms with Crippen LogP contribution in [0.1, 0.15) is 34.8 Å². The zero-order valence-corrected chi connectivity index (χ0v) is 21.1. The lowest BCUT2D eigenvalue weighted by atomic mass is 10.2. The van der Waals surface area contributed by atoms with Crippen molar-refractivity contribution < 1.29 is 18.0 Å². The Labute approximate surface area is 213 Å². The molecule has 2 heterocycles. The van der Waals surface area contributed by atoms with Crippen molar-refractivity contribution in [1.82, 2.24) is 19.6 Å². The van der Waals surface area contributed by atoms with Crippen molar-refractivity contribution in [1.29, 1.82) is 0 Å². The molecular weight excluding hydrogens is 504 g/mol. The average Bonchev–Trinajstić information content (AvgIpc) is 3.56. The normalized spacial score (nSPS) is 11.3. The Hall–Kier alpha value is -3.96. The van der Waals surface area contributed by atoms with Gasteiger partial charge in [-0.05, 0) is 74.5 Å². The minimum Gasteiger partial charge on any atom is -0.280 e. The SMILES string of the molecule is CCn1ccc(C(=O)N(C(=O)c2ccn(CC)n2)c2ccc(S(=O)(=O)Nc3ccc(Cl)cc3)cc2)n1. The number of hydrogen-bond donors (Lipinski definition) is 1. The van der Waals surface area contributed by atoms with Crippen LogP contribution in [0.3, 0.4) is 0 Å². The maximum atomic E-state index is 13.4. The fraction of sp³-hybridized carbons (Fsp3) is 0.167. The highest BCUT2D eigenvalue weighted by molar-refractivity contribution is 7.92. The molecule has 0 unspecified atom stereocenters. The van der Waals surface area contributed by atoms with Gasteiger partial charge >= 0.3 is 0 Å². The monoisotopic (exact) mass is 526 g/mol. The van der Waals surface area contributed by atoms with E-state index in [0.29, 0.717) is 23.8 Å². The largest absolute Gasteiger partial charge is 0.285 e. The second kappa shape index (κ2) is 10.3. The molecule has 186 valence electrons. The molecule has 0 aliphatic rings. The van der Waals surface area contributed by atoms with Gasteiger partial charge in [0.2, 0.25) is 0 Å². The minimum absolute atomic E-state index is 0.0495. The van der Waals surface area contributed by atoms with Gasteiger partial charge in [-0.2, -0.15) is 10.2 Å². The number of aryl methyl sites for hydroxylation is 2. The van der Waals surface area contributed by atoms with Crippen molar-refractivity contribution in [2.45, 2.75) is 31.8 Å². The second-order valence-corrected chi connectivity index (χ2v) is 9.78. The summed E-state index contributed by atoms with van der Waals surface area (Å²) >= 11 is 5.86. The van der Waals surface area contributed by atoms with Crippen molar-refractivity contribution in [3.63, 3.8) is 0 Å². The van der Waals surface area contributed by atoms with Gasteiger partial charge in [-0.25, -0.2) is 13.3 Å². The molecule has 0 radical (unpaired) electrons. The molecule has 0 aliphatic carbocycles. The lowest BCUT2D eigenvalue weighted by Gasteiger charge is -2.19. The maximum absolute atomic E-state index is 13.4. The van der Waals surface area contributed by atoms with Gasteiger partial charge < -0.3 is 0 Å². The molecule has 10 nitrogen and oxygen atoms in total. The molecule has 0 aliphatic heterocycles. The van der Waals surface area contributed by atoms with Crippen LogP contribution in [0.4, 0.5) is 11.4 Å². The minimum atomic E-state index is -3.93. The summed E-state index contributed by atoms with van der Waals surface area (Å²) < 4.78 is 31.3. The number of imide groups is 1. The lowest BCUT2D eigenvalue weighted by molar-refractivity contribution is 0.0891. The molecule has 1 N–H and O–H groups in total. The molecule has 12 heteroatoms. The summed E-state index contributed by atoms with van der Waals surface area (Å²) in [6.07, 6.45) is 3.28. The Bertz CT molecular complexity index is 1440. The van der Waals surface area contributed by atoms with E-state index in [1.807, 2.05) is 13.8 Å². The standard InChI is InChI=1S/C24H23ClN6O4S/c1-3-29-15-13-21(26-29)23(32)31(24(33)22-14-16-30(4-2)27-22)19-9-11-20(12-10-19)36(34,35)28-18-7-5-17(25)6-8-18/h5-16,28H,3-4H2,1-2H3. The van der Waals surface area contributed by atoms with Crippen LogP contribution in [0.5, 0.6) is 0 Å². The number of amides is 2. The Morgan fingerprint density at radius 3 is 1.78 bits per heavy atom. The van der Waals surface area contributed by atoms with E-state index in [-0.39, 0.29) is 22.0 Å². The number of aromatic nitrogens is 4. The molecule has 0 saturated heterocycles. The van der Waals surface area contributed by atoms with Crippen LogP contribution in [0.15, 0.2) is 78.0 Å². The van der Waals surface area contributed by atoms with Crippen LogP contribution in [0.25, 0.3) is 0 Å². The molecule has 0 atom stereocenters. The van der Waals surface area contributed by atoms with Gasteiger partial charge in [0, 0.05) is 36.2 Å². The molecule has 0 spiro atoms. The van der Waals surface area contributed by atoms with E-state index in [1.165, 1.54) is 48.5 Å². The van der Waals surface area contributed by atoms with Gasteiger partial charge in [0.1, 0.15) is 0 Å². The second-order valence-electron chi connectivity index (χ2n) is 7.67. The first-order valence-electron chi connectivity index (χ1n) is 11.1. The fourth-order valence-corrected chi connectivity index (χ4v) is 4.55. The number of nitrogens with one attached hydrogen (secondary N) is 1. The third-order valence-corrected chi connectivity index (χ3v) is 6.92. The van der Waals surface area contributed by atoms with Gasteiger partial charge in [-0.15, -0.1) is 0 Å². The van der Waals surface area contributed by atoms with Crippen molar-refractivity contribution in [2.75, 3.05) is 9.62 Å². The first-order chi connectivity index (χ1) is 17.2. The summed E-state index contributed by atoms with van der Waals surface area (Å²) in [4.78, 5) is 27.6. The van der Waals surface area contributed by atoms with Crippen molar-refractivity contribution in [3.05, 3.63) is 89.5 Å². The molecule has 2 aromatic carbocycles. The molecule has 2 amide bonds. The van der Waals surface area contributed by atoms with Gasteiger partial charge in [0.05, 0.1) is 10.6 Å². The van der Waals surface area contributed by atoms with Gasteiger partial charge in [-0.3, -0.25) is 23.7 Å². The third-order valence-electron chi connectivity index (χ3n) is 5.28. The summed E-state index contributed by atoms with van der Waals surface area (Å²) in [6, 6.07) is 14.7. The van der Waals surface area contributed by atoms with E-state index in [4.69, 9.17) is 11.6 Å². The maximum Gasteiger partial charge on any atom is 0.285 e. The van der Waals surface area contributed by atoms with E-state index in [1.54, 1.807) is 33.9 Å². The predicted octanol–water partition coefficient (Wildman–Crippen LogP) is 4.06. The molecular formula is C24H23ClN6O4S. The van der Waals surface area contributed by atoms with Crippen LogP contribution in [0, 0.1) is 0 Å². The van der Waals surface area contributed by atoms with Crippen LogP contribution < -0.4 is 9.62 Å². The number of hydrogen-bond acceptors (Lipinski definition) is 6. The van der Waals surface area contributed by atoms with Crippen LogP contribution in [-0.4, -0.2) is 39.8 Å². The fourth-order valence-electron chi connectivity index (χ4n) is 3.37. The van der Waals surface area contributed by atoms with E-state index in [9.17, 15) is 18.0 Å². The van der Waals surface area contributed by atoms with Crippen molar-refractivity contribution in [2.24, 2.45) is 0 Å². The highest BCUT2D eigenvalue weighted by atomic mass is 35.5. The summed E-state index contributed by atoms with van der Waals surface area (Å²) in [5.74, 6) is -1.32. The molecule has 36 heavy (non-hydrogen) atoms.